The Morgan fingerprint density at radius 1 is 1.24 bits per heavy atom. The SMILES string of the molecule is Cc1nn(-c2ncc(F)cc2CNC(C)(C)C)c(C)c1C. The van der Waals surface area contributed by atoms with Crippen LogP contribution >= 0.6 is 0 Å². The molecule has 0 aliphatic rings. The molecule has 0 aliphatic carbocycles. The van der Waals surface area contributed by atoms with E-state index in [1.165, 1.54) is 12.3 Å². The molecule has 0 unspecified atom stereocenters. The average molecular weight is 290 g/mol. The van der Waals surface area contributed by atoms with Gasteiger partial charge < -0.3 is 5.32 Å². The van der Waals surface area contributed by atoms with Gasteiger partial charge in [0.2, 0.25) is 0 Å². The number of halogens is 1. The van der Waals surface area contributed by atoms with Crippen LogP contribution in [-0.4, -0.2) is 20.3 Å². The normalized spacial score (nSPS) is 12.0. The van der Waals surface area contributed by atoms with Gasteiger partial charge >= 0.3 is 0 Å². The summed E-state index contributed by atoms with van der Waals surface area (Å²) in [5, 5.41) is 7.89. The Kier molecular flexibility index (Phi) is 4.14. The van der Waals surface area contributed by atoms with Crippen LogP contribution in [0.1, 0.15) is 43.3 Å². The minimum atomic E-state index is -0.331. The second-order valence-corrected chi connectivity index (χ2v) is 6.45. The second kappa shape index (κ2) is 5.56. The summed E-state index contributed by atoms with van der Waals surface area (Å²) in [6.07, 6.45) is 1.24. The molecule has 0 saturated carbocycles. The molecule has 2 rings (SSSR count). The van der Waals surface area contributed by atoms with Gasteiger partial charge in [-0.1, -0.05) is 0 Å². The molecule has 0 aliphatic heterocycles. The fourth-order valence-corrected chi connectivity index (χ4v) is 2.08. The van der Waals surface area contributed by atoms with Crippen molar-refractivity contribution in [1.82, 2.24) is 20.1 Å². The smallest absolute Gasteiger partial charge is 0.158 e. The summed E-state index contributed by atoms with van der Waals surface area (Å²) in [5.41, 5.74) is 3.89. The maximum absolute atomic E-state index is 13.5. The zero-order chi connectivity index (χ0) is 15.8. The monoisotopic (exact) mass is 290 g/mol. The molecule has 2 heterocycles. The fourth-order valence-electron chi connectivity index (χ4n) is 2.08. The molecule has 0 aromatic carbocycles. The van der Waals surface area contributed by atoms with Crippen molar-refractivity contribution < 1.29 is 4.39 Å². The molecule has 0 radical (unpaired) electrons. The molecule has 21 heavy (non-hydrogen) atoms. The summed E-state index contributed by atoms with van der Waals surface area (Å²) < 4.78 is 15.3. The molecule has 5 heteroatoms. The van der Waals surface area contributed by atoms with Crippen LogP contribution in [0.2, 0.25) is 0 Å². The number of nitrogens with one attached hydrogen (secondary N) is 1. The standard InChI is InChI=1S/C16H23FN4/c1-10-11(2)20-21(12(10)3)15-13(7-14(17)9-18-15)8-19-16(4,5)6/h7,9,19H,8H2,1-6H3. The van der Waals surface area contributed by atoms with Crippen molar-refractivity contribution in [2.75, 3.05) is 0 Å². The highest BCUT2D eigenvalue weighted by Gasteiger charge is 2.16. The topological polar surface area (TPSA) is 42.7 Å². The summed E-state index contributed by atoms with van der Waals surface area (Å²) in [4.78, 5) is 4.25. The van der Waals surface area contributed by atoms with Crippen LogP contribution in [0.15, 0.2) is 12.3 Å². The van der Waals surface area contributed by atoms with E-state index < -0.39 is 0 Å². The summed E-state index contributed by atoms with van der Waals surface area (Å²) in [7, 11) is 0. The largest absolute Gasteiger partial charge is 0.308 e. The van der Waals surface area contributed by atoms with Crippen LogP contribution in [0.25, 0.3) is 5.82 Å². The van der Waals surface area contributed by atoms with E-state index in [2.05, 4.69) is 36.2 Å². The Morgan fingerprint density at radius 2 is 1.90 bits per heavy atom. The second-order valence-electron chi connectivity index (χ2n) is 6.45. The average Bonchev–Trinajstić information content (AvgIpc) is 2.63. The van der Waals surface area contributed by atoms with E-state index in [0.29, 0.717) is 12.4 Å². The lowest BCUT2D eigenvalue weighted by atomic mass is 10.1. The van der Waals surface area contributed by atoms with E-state index in [9.17, 15) is 4.39 Å². The van der Waals surface area contributed by atoms with Crippen molar-refractivity contribution in [3.63, 3.8) is 0 Å². The Hall–Kier alpha value is -1.75. The van der Waals surface area contributed by atoms with E-state index in [1.807, 2.05) is 20.8 Å². The Balaban J connectivity index is 2.46. The fraction of sp³-hybridized carbons (Fsp3) is 0.500. The van der Waals surface area contributed by atoms with E-state index in [0.717, 1.165) is 22.5 Å². The maximum Gasteiger partial charge on any atom is 0.158 e. The first-order chi connectivity index (χ1) is 9.69. The molecule has 1 N–H and O–H groups in total. The molecule has 0 spiro atoms. The van der Waals surface area contributed by atoms with E-state index in [-0.39, 0.29) is 11.4 Å². The molecule has 4 nitrogen and oxygen atoms in total. The third kappa shape index (κ3) is 3.47. The quantitative estimate of drug-likeness (QED) is 0.944. The zero-order valence-electron chi connectivity index (χ0n) is 13.6. The molecule has 0 amide bonds. The molecular weight excluding hydrogens is 267 g/mol. The highest BCUT2D eigenvalue weighted by atomic mass is 19.1. The van der Waals surface area contributed by atoms with Crippen LogP contribution in [0.5, 0.6) is 0 Å². The Labute approximate surface area is 125 Å². The first-order valence-electron chi connectivity index (χ1n) is 7.11. The van der Waals surface area contributed by atoms with Gasteiger partial charge in [-0.15, -0.1) is 0 Å². The Bertz CT molecular complexity index is 653. The predicted molar refractivity (Wildman–Crippen MR) is 82.1 cm³/mol. The lowest BCUT2D eigenvalue weighted by Gasteiger charge is -2.21. The van der Waals surface area contributed by atoms with Gasteiger partial charge in [0, 0.05) is 23.3 Å². The number of nitrogens with zero attached hydrogens (tertiary/aromatic N) is 3. The van der Waals surface area contributed by atoms with Crippen LogP contribution in [0, 0.1) is 26.6 Å². The highest BCUT2D eigenvalue weighted by Crippen LogP contribution is 2.19. The number of aromatic nitrogens is 3. The first kappa shape index (κ1) is 15.6. The van der Waals surface area contributed by atoms with Gasteiger partial charge in [-0.2, -0.15) is 5.10 Å². The summed E-state index contributed by atoms with van der Waals surface area (Å²) in [5.74, 6) is 0.351. The molecule has 0 fully saturated rings. The molecule has 0 atom stereocenters. The van der Waals surface area contributed by atoms with Crippen molar-refractivity contribution in [1.29, 1.82) is 0 Å². The third-order valence-corrected chi connectivity index (χ3v) is 3.57. The van der Waals surface area contributed by atoms with Gasteiger partial charge in [-0.3, -0.25) is 0 Å². The van der Waals surface area contributed by atoms with Gasteiger partial charge in [0.25, 0.3) is 0 Å². The van der Waals surface area contributed by atoms with Crippen molar-refractivity contribution in [2.24, 2.45) is 0 Å². The van der Waals surface area contributed by atoms with E-state index in [4.69, 9.17) is 0 Å². The first-order valence-corrected chi connectivity index (χ1v) is 7.11. The molecule has 2 aromatic rings. The summed E-state index contributed by atoms with van der Waals surface area (Å²) in [6.45, 7) is 12.8. The van der Waals surface area contributed by atoms with Crippen molar-refractivity contribution in [3.05, 3.63) is 40.6 Å². The molecule has 114 valence electrons. The van der Waals surface area contributed by atoms with Gasteiger partial charge in [-0.05, 0) is 53.2 Å². The molecular formula is C16H23FN4. The van der Waals surface area contributed by atoms with Crippen molar-refractivity contribution >= 4 is 0 Å². The molecule has 0 bridgehead atoms. The number of hydrogen-bond acceptors (Lipinski definition) is 3. The third-order valence-electron chi connectivity index (χ3n) is 3.57. The number of hydrogen-bond donors (Lipinski definition) is 1. The van der Waals surface area contributed by atoms with Crippen LogP contribution in [-0.2, 0) is 6.54 Å². The van der Waals surface area contributed by atoms with Crippen LogP contribution < -0.4 is 5.32 Å². The lowest BCUT2D eigenvalue weighted by Crippen LogP contribution is -2.35. The Morgan fingerprint density at radius 3 is 2.43 bits per heavy atom. The van der Waals surface area contributed by atoms with Crippen molar-refractivity contribution in [3.8, 4) is 5.82 Å². The molecule has 2 aromatic heterocycles. The number of pyridine rings is 1. The molecule has 0 saturated heterocycles. The van der Waals surface area contributed by atoms with Gasteiger partial charge in [0.1, 0.15) is 5.82 Å². The summed E-state index contributed by atoms with van der Waals surface area (Å²) in [6, 6.07) is 1.52. The van der Waals surface area contributed by atoms with E-state index in [1.54, 1.807) is 4.68 Å². The number of aryl methyl sites for hydroxylation is 1. The highest BCUT2D eigenvalue weighted by molar-refractivity contribution is 5.38. The maximum atomic E-state index is 13.5. The summed E-state index contributed by atoms with van der Waals surface area (Å²) >= 11 is 0. The zero-order valence-corrected chi connectivity index (χ0v) is 13.6. The minimum Gasteiger partial charge on any atom is -0.308 e. The van der Waals surface area contributed by atoms with Crippen molar-refractivity contribution in [2.45, 2.75) is 53.6 Å². The van der Waals surface area contributed by atoms with Gasteiger partial charge in [-0.25, -0.2) is 14.1 Å². The lowest BCUT2D eigenvalue weighted by molar-refractivity contribution is 0.422. The van der Waals surface area contributed by atoms with Crippen LogP contribution in [0.3, 0.4) is 0 Å². The van der Waals surface area contributed by atoms with Gasteiger partial charge in [0.15, 0.2) is 5.82 Å². The predicted octanol–water partition coefficient (Wildman–Crippen LogP) is 3.22. The minimum absolute atomic E-state index is 0.0470. The van der Waals surface area contributed by atoms with Crippen LogP contribution in [0.4, 0.5) is 4.39 Å². The van der Waals surface area contributed by atoms with Gasteiger partial charge in [0.05, 0.1) is 11.9 Å². The van der Waals surface area contributed by atoms with E-state index >= 15 is 0 Å². The number of rotatable bonds is 3.